The molecule has 0 aliphatic carbocycles. The first-order valence-corrected chi connectivity index (χ1v) is 6.71. The van der Waals surface area contributed by atoms with Crippen LogP contribution in [0.1, 0.15) is 32.3 Å². The zero-order chi connectivity index (χ0) is 15.1. The minimum absolute atomic E-state index is 0.357. The number of aryl methyl sites for hydroxylation is 1. The van der Waals surface area contributed by atoms with Gasteiger partial charge in [0.2, 0.25) is 0 Å². The lowest BCUT2D eigenvalue weighted by Gasteiger charge is -2.12. The van der Waals surface area contributed by atoms with Crippen LogP contribution in [0.2, 0.25) is 0 Å². The van der Waals surface area contributed by atoms with E-state index < -0.39 is 18.2 Å². The second-order valence-electron chi connectivity index (χ2n) is 5.09. The highest BCUT2D eigenvalue weighted by atomic mass is 16.5. The van der Waals surface area contributed by atoms with E-state index in [0.29, 0.717) is 30.6 Å². The molecule has 0 aliphatic rings. The van der Waals surface area contributed by atoms with E-state index >= 15 is 0 Å². The quantitative estimate of drug-likeness (QED) is 0.456. The molecule has 1 aromatic carbocycles. The molecule has 1 rings (SSSR count). The van der Waals surface area contributed by atoms with Crippen molar-refractivity contribution in [2.24, 2.45) is 0 Å². The summed E-state index contributed by atoms with van der Waals surface area (Å²) in [4.78, 5) is 11.3. The van der Waals surface area contributed by atoms with Crippen LogP contribution in [-0.4, -0.2) is 28.4 Å². The highest BCUT2D eigenvalue weighted by Gasteiger charge is 2.09. The molecule has 1 aromatic rings. The smallest absolute Gasteiger partial charge is 0.338 e. The van der Waals surface area contributed by atoms with Crippen LogP contribution in [0.5, 0.6) is 5.75 Å². The largest absolute Gasteiger partial charge is 0.423 e. The molecule has 0 bridgehead atoms. The Morgan fingerprint density at radius 3 is 2.40 bits per heavy atom. The van der Waals surface area contributed by atoms with Crippen molar-refractivity contribution in [2.45, 2.75) is 45.3 Å². The molecule has 0 heterocycles. The summed E-state index contributed by atoms with van der Waals surface area (Å²) >= 11 is 0. The highest BCUT2D eigenvalue weighted by Crippen LogP contribution is 2.16. The molecular weight excluding hydrogens is 256 g/mol. The van der Waals surface area contributed by atoms with Crippen LogP contribution in [0.25, 0.3) is 0 Å². The van der Waals surface area contributed by atoms with E-state index in [1.165, 1.54) is 0 Å². The van der Waals surface area contributed by atoms with Gasteiger partial charge < -0.3 is 14.9 Å². The highest BCUT2D eigenvalue weighted by molar-refractivity contribution is 5.88. The van der Waals surface area contributed by atoms with Gasteiger partial charge in [0.25, 0.3) is 0 Å². The monoisotopic (exact) mass is 278 g/mol. The number of aliphatic hydroxyl groups excluding tert-OH is 2. The third kappa shape index (κ3) is 5.99. The van der Waals surface area contributed by atoms with Crippen molar-refractivity contribution in [1.29, 1.82) is 0 Å². The van der Waals surface area contributed by atoms with Gasteiger partial charge >= 0.3 is 5.97 Å². The SMILES string of the molecule is C=C(C)C(=O)Oc1ccc(CCC(O)CC(C)O)cc1. The second-order valence-corrected chi connectivity index (χ2v) is 5.09. The summed E-state index contributed by atoms with van der Waals surface area (Å²) < 4.78 is 5.09. The summed E-state index contributed by atoms with van der Waals surface area (Å²) in [5, 5.41) is 18.8. The molecule has 2 unspecified atom stereocenters. The van der Waals surface area contributed by atoms with Crippen LogP contribution in [0.3, 0.4) is 0 Å². The molecule has 2 N–H and O–H groups in total. The van der Waals surface area contributed by atoms with E-state index in [9.17, 15) is 9.90 Å². The maximum Gasteiger partial charge on any atom is 0.338 e. The number of hydrogen-bond donors (Lipinski definition) is 2. The normalized spacial score (nSPS) is 13.6. The van der Waals surface area contributed by atoms with Gasteiger partial charge in [0.1, 0.15) is 5.75 Å². The first kappa shape index (κ1) is 16.4. The van der Waals surface area contributed by atoms with Crippen LogP contribution in [-0.2, 0) is 11.2 Å². The predicted molar refractivity (Wildman–Crippen MR) is 77.5 cm³/mol. The maximum atomic E-state index is 11.3. The topological polar surface area (TPSA) is 66.8 Å². The van der Waals surface area contributed by atoms with Crippen LogP contribution >= 0.6 is 0 Å². The number of carbonyl (C=O) groups is 1. The number of esters is 1. The Hall–Kier alpha value is -1.65. The summed E-state index contributed by atoms with van der Waals surface area (Å²) in [6, 6.07) is 7.15. The Labute approximate surface area is 119 Å². The molecule has 0 amide bonds. The number of aliphatic hydroxyl groups is 2. The van der Waals surface area contributed by atoms with Gasteiger partial charge in [-0.15, -0.1) is 0 Å². The molecule has 0 saturated heterocycles. The third-order valence-corrected chi connectivity index (χ3v) is 2.86. The Morgan fingerprint density at radius 2 is 1.90 bits per heavy atom. The molecule has 2 atom stereocenters. The van der Waals surface area contributed by atoms with Crippen LogP contribution in [0, 0.1) is 0 Å². The molecule has 0 aliphatic heterocycles. The molecule has 0 spiro atoms. The number of benzene rings is 1. The predicted octanol–water partition coefficient (Wildman–Crippen LogP) is 2.23. The van der Waals surface area contributed by atoms with Gasteiger partial charge in [-0.1, -0.05) is 18.7 Å². The van der Waals surface area contributed by atoms with Gasteiger partial charge in [-0.2, -0.15) is 0 Å². The Bertz CT molecular complexity index is 448. The average molecular weight is 278 g/mol. The average Bonchev–Trinajstić information content (AvgIpc) is 2.37. The van der Waals surface area contributed by atoms with E-state index in [1.807, 2.05) is 12.1 Å². The molecular formula is C16H22O4. The lowest BCUT2D eigenvalue weighted by atomic mass is 10.0. The zero-order valence-electron chi connectivity index (χ0n) is 12.0. The number of carbonyl (C=O) groups excluding carboxylic acids is 1. The first-order chi connectivity index (χ1) is 9.38. The van der Waals surface area contributed by atoms with Gasteiger partial charge in [-0.3, -0.25) is 0 Å². The Balaban J connectivity index is 2.46. The molecule has 0 fully saturated rings. The molecule has 0 radical (unpaired) electrons. The van der Waals surface area contributed by atoms with Gasteiger partial charge in [0, 0.05) is 5.57 Å². The number of ether oxygens (including phenoxy) is 1. The lowest BCUT2D eigenvalue weighted by Crippen LogP contribution is -2.15. The standard InChI is InChI=1S/C16H22O4/c1-11(2)16(19)20-15-8-5-13(6-9-15)4-7-14(18)10-12(3)17/h5-6,8-9,12,14,17-18H,1,4,7,10H2,2-3H3. The van der Waals surface area contributed by atoms with Crippen molar-refractivity contribution in [3.8, 4) is 5.75 Å². The summed E-state index contributed by atoms with van der Waals surface area (Å²) in [7, 11) is 0. The van der Waals surface area contributed by atoms with Gasteiger partial charge in [-0.25, -0.2) is 4.79 Å². The third-order valence-electron chi connectivity index (χ3n) is 2.86. The minimum Gasteiger partial charge on any atom is -0.423 e. The molecule has 110 valence electrons. The molecule has 4 nitrogen and oxygen atoms in total. The van der Waals surface area contributed by atoms with Gasteiger partial charge in [0.05, 0.1) is 12.2 Å². The van der Waals surface area contributed by atoms with Crippen LogP contribution < -0.4 is 4.74 Å². The summed E-state index contributed by atoms with van der Waals surface area (Å²) in [6.07, 6.45) is 0.692. The van der Waals surface area contributed by atoms with Gasteiger partial charge in [-0.05, 0) is 50.8 Å². The van der Waals surface area contributed by atoms with Crippen molar-refractivity contribution in [3.05, 3.63) is 42.0 Å². The van der Waals surface area contributed by atoms with Gasteiger partial charge in [0.15, 0.2) is 0 Å². The van der Waals surface area contributed by atoms with E-state index in [0.717, 1.165) is 5.56 Å². The van der Waals surface area contributed by atoms with E-state index in [2.05, 4.69) is 6.58 Å². The molecule has 4 heteroatoms. The molecule has 20 heavy (non-hydrogen) atoms. The van der Waals surface area contributed by atoms with E-state index in [4.69, 9.17) is 9.84 Å². The first-order valence-electron chi connectivity index (χ1n) is 6.71. The Kier molecular flexibility index (Phi) is 6.42. The lowest BCUT2D eigenvalue weighted by molar-refractivity contribution is -0.130. The number of hydrogen-bond acceptors (Lipinski definition) is 4. The summed E-state index contributed by atoms with van der Waals surface area (Å²) in [5.74, 6) is 0.0383. The zero-order valence-corrected chi connectivity index (χ0v) is 12.0. The van der Waals surface area contributed by atoms with Crippen molar-refractivity contribution in [1.82, 2.24) is 0 Å². The fraction of sp³-hybridized carbons (Fsp3) is 0.438. The minimum atomic E-state index is -0.504. The van der Waals surface area contributed by atoms with Crippen molar-refractivity contribution in [3.63, 3.8) is 0 Å². The fourth-order valence-corrected chi connectivity index (χ4v) is 1.76. The van der Waals surface area contributed by atoms with E-state index in [-0.39, 0.29) is 0 Å². The van der Waals surface area contributed by atoms with Crippen molar-refractivity contribution in [2.75, 3.05) is 0 Å². The summed E-state index contributed by atoms with van der Waals surface area (Å²) in [6.45, 7) is 6.78. The molecule has 0 aromatic heterocycles. The van der Waals surface area contributed by atoms with E-state index in [1.54, 1.807) is 26.0 Å². The fourth-order valence-electron chi connectivity index (χ4n) is 1.76. The molecule has 0 saturated carbocycles. The number of rotatable bonds is 7. The van der Waals surface area contributed by atoms with Crippen LogP contribution in [0.4, 0.5) is 0 Å². The van der Waals surface area contributed by atoms with Crippen molar-refractivity contribution >= 4 is 5.97 Å². The Morgan fingerprint density at radius 1 is 1.30 bits per heavy atom. The second kappa shape index (κ2) is 7.82. The van der Waals surface area contributed by atoms with Crippen LogP contribution in [0.15, 0.2) is 36.4 Å². The maximum absolute atomic E-state index is 11.3. The van der Waals surface area contributed by atoms with Crippen molar-refractivity contribution < 1.29 is 19.7 Å². The summed E-state index contributed by atoms with van der Waals surface area (Å²) in [5.41, 5.74) is 1.40.